The van der Waals surface area contributed by atoms with Crippen molar-refractivity contribution in [3.63, 3.8) is 0 Å². The topological polar surface area (TPSA) is 58.6 Å². The molecule has 4 heteroatoms. The largest absolute Gasteiger partial charge is 0.480 e. The number of carboxylic acids is 1. The Balaban J connectivity index is 1.50. The van der Waals surface area contributed by atoms with Crippen molar-refractivity contribution in [1.82, 2.24) is 5.32 Å². The van der Waals surface area contributed by atoms with Gasteiger partial charge in [0.2, 0.25) is 0 Å². The van der Waals surface area contributed by atoms with Gasteiger partial charge in [-0.3, -0.25) is 4.79 Å². The average Bonchev–Trinajstić information content (AvgIpc) is 3.16. The van der Waals surface area contributed by atoms with E-state index in [1.807, 2.05) is 0 Å². The highest BCUT2D eigenvalue weighted by molar-refractivity contribution is 5.73. The van der Waals surface area contributed by atoms with Crippen LogP contribution in [-0.4, -0.2) is 35.9 Å². The SMILES string of the molecule is CC1(C)C2CCC1(C)C(OCCC(NC1CC1)C(=O)O)C2. The first-order chi connectivity index (χ1) is 9.84. The number of hydrogen-bond acceptors (Lipinski definition) is 3. The summed E-state index contributed by atoms with van der Waals surface area (Å²) in [5.74, 6) is 0.0253. The van der Waals surface area contributed by atoms with Crippen LogP contribution < -0.4 is 5.32 Å². The van der Waals surface area contributed by atoms with Crippen molar-refractivity contribution in [2.75, 3.05) is 6.61 Å². The van der Waals surface area contributed by atoms with Crippen LogP contribution in [0.15, 0.2) is 0 Å². The van der Waals surface area contributed by atoms with E-state index in [4.69, 9.17) is 4.74 Å². The third kappa shape index (κ3) is 2.61. The lowest BCUT2D eigenvalue weighted by Crippen LogP contribution is -2.41. The summed E-state index contributed by atoms with van der Waals surface area (Å²) in [5, 5.41) is 12.5. The highest BCUT2D eigenvalue weighted by Gasteiger charge is 2.61. The van der Waals surface area contributed by atoms with Crippen LogP contribution >= 0.6 is 0 Å². The van der Waals surface area contributed by atoms with E-state index < -0.39 is 12.0 Å². The lowest BCUT2D eigenvalue weighted by Gasteiger charge is -2.39. The summed E-state index contributed by atoms with van der Waals surface area (Å²) >= 11 is 0. The van der Waals surface area contributed by atoms with E-state index in [-0.39, 0.29) is 5.41 Å². The average molecular weight is 295 g/mol. The Morgan fingerprint density at radius 1 is 1.33 bits per heavy atom. The quantitative estimate of drug-likeness (QED) is 0.758. The minimum atomic E-state index is -0.745. The van der Waals surface area contributed by atoms with Gasteiger partial charge < -0.3 is 15.2 Å². The van der Waals surface area contributed by atoms with Gasteiger partial charge in [0.05, 0.1) is 6.10 Å². The molecule has 0 aromatic rings. The number of carboxylic acid groups (broad SMARTS) is 1. The van der Waals surface area contributed by atoms with Crippen LogP contribution in [-0.2, 0) is 9.53 Å². The smallest absolute Gasteiger partial charge is 0.320 e. The zero-order valence-electron chi connectivity index (χ0n) is 13.5. The molecule has 3 aliphatic rings. The van der Waals surface area contributed by atoms with Gasteiger partial charge >= 0.3 is 5.97 Å². The molecule has 4 atom stereocenters. The summed E-state index contributed by atoms with van der Waals surface area (Å²) in [6.07, 6.45) is 6.83. The summed E-state index contributed by atoms with van der Waals surface area (Å²) < 4.78 is 6.15. The van der Waals surface area contributed by atoms with E-state index in [0.717, 1.165) is 25.2 Å². The number of rotatable bonds is 7. The zero-order chi connectivity index (χ0) is 15.3. The molecule has 0 aromatic carbocycles. The zero-order valence-corrected chi connectivity index (χ0v) is 13.5. The predicted octanol–water partition coefficient (Wildman–Crippen LogP) is 2.81. The second-order valence-corrected chi connectivity index (χ2v) is 8.09. The Bertz CT molecular complexity index is 418. The molecule has 2 N–H and O–H groups in total. The minimum absolute atomic E-state index is 0.264. The van der Waals surface area contributed by atoms with Gasteiger partial charge in [-0.25, -0.2) is 0 Å². The van der Waals surface area contributed by atoms with Crippen LogP contribution in [0.4, 0.5) is 0 Å². The monoisotopic (exact) mass is 295 g/mol. The number of nitrogens with one attached hydrogen (secondary N) is 1. The Kier molecular flexibility index (Phi) is 3.81. The van der Waals surface area contributed by atoms with E-state index in [1.54, 1.807) is 0 Å². The maximum Gasteiger partial charge on any atom is 0.320 e. The fraction of sp³-hybridized carbons (Fsp3) is 0.941. The molecule has 21 heavy (non-hydrogen) atoms. The molecule has 0 radical (unpaired) electrons. The van der Waals surface area contributed by atoms with Crippen molar-refractivity contribution in [2.24, 2.45) is 16.7 Å². The Hall–Kier alpha value is -0.610. The summed E-state index contributed by atoms with van der Waals surface area (Å²) in [5.41, 5.74) is 0.621. The van der Waals surface area contributed by atoms with Crippen LogP contribution in [0.5, 0.6) is 0 Å². The highest BCUT2D eigenvalue weighted by Crippen LogP contribution is 2.66. The molecule has 3 saturated carbocycles. The predicted molar refractivity (Wildman–Crippen MR) is 81.2 cm³/mol. The third-order valence-corrected chi connectivity index (χ3v) is 6.75. The van der Waals surface area contributed by atoms with Crippen molar-refractivity contribution in [3.8, 4) is 0 Å². The molecule has 4 nitrogen and oxygen atoms in total. The van der Waals surface area contributed by atoms with E-state index in [1.165, 1.54) is 12.8 Å². The maximum absolute atomic E-state index is 11.3. The van der Waals surface area contributed by atoms with E-state index >= 15 is 0 Å². The van der Waals surface area contributed by atoms with Crippen LogP contribution in [0.1, 0.15) is 59.3 Å². The van der Waals surface area contributed by atoms with Gasteiger partial charge in [-0.1, -0.05) is 20.8 Å². The van der Waals surface area contributed by atoms with E-state index in [9.17, 15) is 9.90 Å². The maximum atomic E-state index is 11.3. The molecule has 3 fully saturated rings. The first kappa shape index (κ1) is 15.3. The number of ether oxygens (including phenoxy) is 1. The first-order valence-electron chi connectivity index (χ1n) is 8.45. The van der Waals surface area contributed by atoms with Gasteiger partial charge in [0.25, 0.3) is 0 Å². The highest BCUT2D eigenvalue weighted by atomic mass is 16.5. The molecule has 0 spiro atoms. The molecule has 4 unspecified atom stereocenters. The molecule has 0 heterocycles. The number of carbonyl (C=O) groups is 1. The lowest BCUT2D eigenvalue weighted by atomic mass is 9.70. The summed E-state index contributed by atoms with van der Waals surface area (Å²) in [7, 11) is 0. The molecular weight excluding hydrogens is 266 g/mol. The molecule has 2 bridgehead atoms. The van der Waals surface area contributed by atoms with Gasteiger partial charge in [0.15, 0.2) is 0 Å². The Morgan fingerprint density at radius 3 is 2.52 bits per heavy atom. The van der Waals surface area contributed by atoms with Crippen molar-refractivity contribution >= 4 is 5.97 Å². The lowest BCUT2D eigenvalue weighted by molar-refractivity contribution is -0.140. The number of aliphatic carboxylic acids is 1. The van der Waals surface area contributed by atoms with Crippen molar-refractivity contribution in [3.05, 3.63) is 0 Å². The van der Waals surface area contributed by atoms with Crippen LogP contribution in [0, 0.1) is 16.7 Å². The Morgan fingerprint density at radius 2 is 2.05 bits per heavy atom. The van der Waals surface area contributed by atoms with Gasteiger partial charge in [-0.05, 0) is 55.3 Å². The van der Waals surface area contributed by atoms with Gasteiger partial charge in [-0.15, -0.1) is 0 Å². The molecule has 3 aliphatic carbocycles. The van der Waals surface area contributed by atoms with Crippen molar-refractivity contribution in [1.29, 1.82) is 0 Å². The first-order valence-corrected chi connectivity index (χ1v) is 8.45. The second-order valence-electron chi connectivity index (χ2n) is 8.09. The number of hydrogen-bond donors (Lipinski definition) is 2. The second kappa shape index (κ2) is 5.24. The normalized spacial score (nSPS) is 38.6. The minimum Gasteiger partial charge on any atom is -0.480 e. The fourth-order valence-electron chi connectivity index (χ4n) is 4.52. The molecule has 120 valence electrons. The molecule has 0 amide bonds. The standard InChI is InChI=1S/C17H29NO3/c1-16(2)11-6-8-17(16,3)14(10-11)21-9-7-13(15(19)20)18-12-4-5-12/h11-14,18H,4-10H2,1-3H3,(H,19,20). The fourth-order valence-corrected chi connectivity index (χ4v) is 4.52. The molecule has 0 aliphatic heterocycles. The van der Waals surface area contributed by atoms with Gasteiger partial charge in [0.1, 0.15) is 6.04 Å². The number of fused-ring (bicyclic) bond motifs is 2. The summed E-state index contributed by atoms with van der Waals surface area (Å²) in [6.45, 7) is 7.67. The Labute approximate surface area is 127 Å². The van der Waals surface area contributed by atoms with Crippen molar-refractivity contribution in [2.45, 2.75) is 77.5 Å². The summed E-state index contributed by atoms with van der Waals surface area (Å²) in [4.78, 5) is 11.3. The van der Waals surface area contributed by atoms with Crippen LogP contribution in [0.3, 0.4) is 0 Å². The van der Waals surface area contributed by atoms with E-state index in [2.05, 4.69) is 26.1 Å². The summed E-state index contributed by atoms with van der Waals surface area (Å²) in [6, 6.07) is -0.0260. The van der Waals surface area contributed by atoms with Crippen LogP contribution in [0.25, 0.3) is 0 Å². The van der Waals surface area contributed by atoms with Gasteiger partial charge in [-0.2, -0.15) is 0 Å². The van der Waals surface area contributed by atoms with Crippen molar-refractivity contribution < 1.29 is 14.6 Å². The molecule has 0 aromatic heterocycles. The van der Waals surface area contributed by atoms with Crippen LogP contribution in [0.2, 0.25) is 0 Å². The molecular formula is C17H29NO3. The molecule has 0 saturated heterocycles. The third-order valence-electron chi connectivity index (χ3n) is 6.75. The van der Waals surface area contributed by atoms with Gasteiger partial charge in [0, 0.05) is 12.6 Å². The van der Waals surface area contributed by atoms with E-state index in [0.29, 0.717) is 30.6 Å². The molecule has 3 rings (SSSR count).